The molecule has 588 valence electrons. The maximum Gasteiger partial charge on any atom is 0.0542 e. The molecule has 0 saturated heterocycles. The number of fused-ring (bicyclic) bond motifs is 15. The van der Waals surface area contributed by atoms with E-state index in [0.29, 0.717) is 0 Å². The zero-order valence-corrected chi connectivity index (χ0v) is 68.7. The predicted octanol–water partition coefficient (Wildman–Crippen LogP) is 33.3. The van der Waals surface area contributed by atoms with Crippen molar-refractivity contribution in [2.75, 3.05) is 14.7 Å². The van der Waals surface area contributed by atoms with Crippen LogP contribution < -0.4 is 14.7 Å². The molecule has 0 aliphatic rings. The van der Waals surface area contributed by atoms with E-state index in [2.05, 4.69) is 502 Å². The van der Waals surface area contributed by atoms with Gasteiger partial charge in [0.2, 0.25) is 0 Å². The number of para-hydroxylation sites is 3. The summed E-state index contributed by atoms with van der Waals surface area (Å²) in [6.07, 6.45) is 0. The maximum absolute atomic E-state index is 2.55. The summed E-state index contributed by atoms with van der Waals surface area (Å²) < 4.78 is 7.34. The van der Waals surface area contributed by atoms with Crippen molar-refractivity contribution >= 4 is 181 Å². The minimum atomic E-state index is 0.944. The first-order valence-corrected chi connectivity index (χ1v) is 43.3. The molecule has 0 bridgehead atoms. The van der Waals surface area contributed by atoms with Gasteiger partial charge in [-0.15, -0.1) is 0 Å². The molecule has 0 aliphatic carbocycles. The summed E-state index contributed by atoms with van der Waals surface area (Å²) in [4.78, 5) is 7.65. The van der Waals surface area contributed by atoms with Crippen LogP contribution in [0.25, 0.3) is 180 Å². The number of benzene rings is 22. The van der Waals surface area contributed by atoms with E-state index >= 15 is 0 Å². The van der Waals surface area contributed by atoms with Crippen molar-refractivity contribution in [2.45, 2.75) is 0 Å². The van der Waals surface area contributed by atoms with E-state index in [9.17, 15) is 0 Å². The predicted molar refractivity (Wildman–Crippen MR) is 535 cm³/mol. The topological polar surface area (TPSA) is 24.5 Å². The summed E-state index contributed by atoms with van der Waals surface area (Å²) in [5, 5.41) is 20.8. The molecular formula is C120H78N6. The highest BCUT2D eigenvalue weighted by Gasteiger charge is 2.29. The van der Waals surface area contributed by atoms with Gasteiger partial charge >= 0.3 is 0 Å². The molecular weight excluding hydrogens is 1530 g/mol. The second kappa shape index (κ2) is 29.5. The van der Waals surface area contributed by atoms with Crippen LogP contribution in [0.15, 0.2) is 473 Å². The second-order valence-electron chi connectivity index (χ2n) is 33.1. The smallest absolute Gasteiger partial charge is 0.0542 e. The van der Waals surface area contributed by atoms with Gasteiger partial charge < -0.3 is 28.4 Å². The van der Waals surface area contributed by atoms with E-state index in [0.717, 1.165) is 183 Å². The number of hydrogen-bond donors (Lipinski definition) is 0. The van der Waals surface area contributed by atoms with Crippen molar-refractivity contribution < 1.29 is 0 Å². The number of nitrogens with zero attached hydrogens (tertiary/aromatic N) is 6. The lowest BCUT2D eigenvalue weighted by atomic mass is 9.97. The first-order valence-electron chi connectivity index (χ1n) is 43.3. The van der Waals surface area contributed by atoms with Gasteiger partial charge in [0.15, 0.2) is 0 Å². The number of hydrogen-bond acceptors (Lipinski definition) is 3. The van der Waals surface area contributed by atoms with E-state index < -0.39 is 0 Å². The Morgan fingerprint density at radius 1 is 0.135 bits per heavy atom. The largest absolute Gasteiger partial charge is 0.310 e. The molecule has 3 aromatic heterocycles. The Bertz CT molecular complexity index is 7850. The van der Waals surface area contributed by atoms with Gasteiger partial charge in [0.25, 0.3) is 0 Å². The van der Waals surface area contributed by atoms with Crippen molar-refractivity contribution in [3.63, 3.8) is 0 Å². The fraction of sp³-hybridized carbons (Fsp3) is 0. The molecule has 0 atom stereocenters. The van der Waals surface area contributed by atoms with E-state index in [1.807, 2.05) is 0 Å². The molecule has 0 fully saturated rings. The van der Waals surface area contributed by atoms with Crippen LogP contribution in [0, 0.1) is 0 Å². The Morgan fingerprint density at radius 2 is 0.349 bits per heavy atom. The third-order valence-electron chi connectivity index (χ3n) is 26.1. The van der Waals surface area contributed by atoms with Gasteiger partial charge in [-0.25, -0.2) is 0 Å². The van der Waals surface area contributed by atoms with Gasteiger partial charge in [-0.2, -0.15) is 0 Å². The molecule has 6 nitrogen and oxygen atoms in total. The lowest BCUT2D eigenvalue weighted by Gasteiger charge is -2.34. The third kappa shape index (κ3) is 11.9. The highest BCUT2D eigenvalue weighted by atomic mass is 15.2. The quantitative estimate of drug-likeness (QED) is 0.102. The number of aromatic nitrogens is 3. The third-order valence-corrected chi connectivity index (χ3v) is 26.1. The van der Waals surface area contributed by atoms with Gasteiger partial charge in [-0.05, 0) is 246 Å². The molecule has 126 heavy (non-hydrogen) atoms. The first-order chi connectivity index (χ1) is 62.5. The monoisotopic (exact) mass is 1600 g/mol. The molecule has 0 aliphatic heterocycles. The molecule has 0 spiro atoms. The summed E-state index contributed by atoms with van der Waals surface area (Å²) in [7, 11) is 0. The van der Waals surface area contributed by atoms with Crippen molar-refractivity contribution in [1.29, 1.82) is 0 Å². The number of rotatable bonds is 15. The highest BCUT2D eigenvalue weighted by Crippen LogP contribution is 2.53. The minimum absolute atomic E-state index is 0.944. The molecule has 0 amide bonds. The summed E-state index contributed by atoms with van der Waals surface area (Å²) in [6.45, 7) is 0. The zero-order valence-electron chi connectivity index (χ0n) is 68.7. The van der Waals surface area contributed by atoms with Crippen LogP contribution >= 0.6 is 0 Å². The summed E-state index contributed by atoms with van der Waals surface area (Å²) >= 11 is 0. The van der Waals surface area contributed by atoms with Crippen molar-refractivity contribution in [1.82, 2.24) is 13.7 Å². The van der Waals surface area contributed by atoms with Crippen LogP contribution in [0.5, 0.6) is 0 Å². The Labute approximate surface area is 728 Å². The Morgan fingerprint density at radius 3 is 0.627 bits per heavy atom. The Kier molecular flexibility index (Phi) is 16.9. The second-order valence-corrected chi connectivity index (χ2v) is 33.1. The zero-order chi connectivity index (χ0) is 82.9. The summed E-state index contributed by atoms with van der Waals surface area (Å²) in [5.41, 5.74) is 25.9. The Balaban J connectivity index is 0.801. The lowest BCUT2D eigenvalue weighted by molar-refractivity contribution is 1.18. The highest BCUT2D eigenvalue weighted by molar-refractivity contribution is 6.18. The molecule has 25 aromatic rings. The van der Waals surface area contributed by atoms with Crippen molar-refractivity contribution in [3.8, 4) is 50.4 Å². The number of anilines is 9. The van der Waals surface area contributed by atoms with Crippen LogP contribution in [-0.4, -0.2) is 13.7 Å². The molecule has 3 heterocycles. The van der Waals surface area contributed by atoms with Crippen LogP contribution in [-0.2, 0) is 0 Å². The van der Waals surface area contributed by atoms with Crippen LogP contribution in [0.3, 0.4) is 0 Å². The molecule has 0 radical (unpaired) electrons. The first kappa shape index (κ1) is 72.1. The van der Waals surface area contributed by atoms with E-state index in [4.69, 9.17) is 0 Å². The molecule has 6 heteroatoms. The maximum atomic E-state index is 2.55. The molecule has 0 saturated carbocycles. The SMILES string of the molecule is c1ccc(-n2c3ccc(-c4cccc5ccccc45)cc3c3cc(N(c4cc(N(c5ccc6c(c5)c5cc(-c7cccc8ccccc78)ccc5n6-c5ccccc5)c5cccc6ccccc56)cc(N(c5ccc6c(c5)c5cc(-c7cccc8ccccc78)ccc5n6-c5ccccc5)c5cccc6ccccc56)c4)c4cccc5ccccc45)ccc32)cc1. The van der Waals surface area contributed by atoms with E-state index in [1.54, 1.807) is 0 Å². The van der Waals surface area contributed by atoms with Gasteiger partial charge in [0.05, 0.1) is 67.2 Å². The molecule has 0 N–H and O–H groups in total. The summed E-state index contributed by atoms with van der Waals surface area (Å²) in [6, 6.07) is 176. The fourth-order valence-corrected chi connectivity index (χ4v) is 20.4. The van der Waals surface area contributed by atoms with Gasteiger partial charge in [0.1, 0.15) is 0 Å². The Hall–Kier alpha value is -16.8. The van der Waals surface area contributed by atoms with Crippen molar-refractivity contribution in [2.24, 2.45) is 0 Å². The van der Waals surface area contributed by atoms with Gasteiger partial charge in [-0.1, -0.05) is 309 Å². The standard InChI is InChI=1S/C120H78N6/c1-4-40-88(41-5-1)124-115-64-58-85(100-52-22-34-79-28-10-16-46-97(79)100)70-106(115)109-76-91(61-67-118(109)124)121(112-55-25-37-82-31-13-19-49-103(82)112)94-73-95(122(113-56-26-38-83-32-14-20-50-104(83)113)92-62-68-119-110(77-92)107-71-86(101-53-23-35-80-29-11-17-47-98(80)101)59-65-116(107)125(119)89-42-6-2-7-43-89)75-96(74-94)123(114-57-27-39-84-33-15-21-51-105(84)114)93-63-69-120-111(78-93)108-72-87(102-54-24-36-81-30-12-18-48-99(81)102)60-66-117(108)126(120)90-44-8-3-9-45-90/h1-78H. The molecule has 0 unspecified atom stereocenters. The average molecular weight is 1600 g/mol. The van der Waals surface area contributed by atoms with Crippen molar-refractivity contribution in [3.05, 3.63) is 473 Å². The molecule has 22 aromatic carbocycles. The van der Waals surface area contributed by atoms with E-state index in [1.165, 1.54) is 49.0 Å². The van der Waals surface area contributed by atoms with E-state index in [-0.39, 0.29) is 0 Å². The van der Waals surface area contributed by atoms with Crippen LogP contribution in [0.2, 0.25) is 0 Å². The minimum Gasteiger partial charge on any atom is -0.310 e. The van der Waals surface area contributed by atoms with Crippen LogP contribution in [0.1, 0.15) is 0 Å². The molecule has 25 rings (SSSR count). The average Bonchev–Trinajstić information content (AvgIpc) is 1.56. The van der Waals surface area contributed by atoms with Crippen LogP contribution in [0.4, 0.5) is 51.2 Å². The van der Waals surface area contributed by atoms with Gasteiger partial charge in [0, 0.05) is 82.6 Å². The lowest BCUT2D eigenvalue weighted by Crippen LogP contribution is -2.17. The fourth-order valence-electron chi connectivity index (χ4n) is 20.4. The van der Waals surface area contributed by atoms with Gasteiger partial charge in [-0.3, -0.25) is 0 Å². The normalized spacial score (nSPS) is 11.8. The summed E-state index contributed by atoms with van der Waals surface area (Å²) in [5.74, 6) is 0.